The first-order valence-electron chi connectivity index (χ1n) is 9.75. The van der Waals surface area contributed by atoms with Crippen LogP contribution in [0.5, 0.6) is 0 Å². The molecule has 1 aromatic rings. The summed E-state index contributed by atoms with van der Waals surface area (Å²) in [7, 11) is 0. The number of allylic oxidation sites excluding steroid dienone is 4. The number of hydrogen-bond acceptors (Lipinski definition) is 2. The zero-order valence-corrected chi connectivity index (χ0v) is 16.1. The topological polar surface area (TPSA) is 40.5 Å². The molecule has 1 unspecified atom stereocenters. The molecule has 1 rings (SSSR count). The van der Waals surface area contributed by atoms with Crippen LogP contribution in [-0.2, 0) is 0 Å². The lowest BCUT2D eigenvalue weighted by Gasteiger charge is -2.17. The molecule has 2 heteroatoms. The van der Waals surface area contributed by atoms with Gasteiger partial charge >= 0.3 is 0 Å². The van der Waals surface area contributed by atoms with Gasteiger partial charge in [-0.25, -0.2) is 0 Å². The quantitative estimate of drug-likeness (QED) is 0.352. The van der Waals surface area contributed by atoms with Crippen molar-refractivity contribution in [3.8, 4) is 0 Å². The second-order valence-electron chi connectivity index (χ2n) is 7.03. The molecule has 0 fully saturated rings. The van der Waals surface area contributed by atoms with E-state index in [-0.39, 0.29) is 6.61 Å². The van der Waals surface area contributed by atoms with E-state index >= 15 is 0 Å². The monoisotopic (exact) mass is 344 g/mol. The van der Waals surface area contributed by atoms with Crippen LogP contribution in [0.15, 0.2) is 53.6 Å². The van der Waals surface area contributed by atoms with E-state index in [0.717, 1.165) is 51.4 Å². The van der Waals surface area contributed by atoms with E-state index in [1.807, 2.05) is 0 Å². The van der Waals surface area contributed by atoms with Gasteiger partial charge in [0.2, 0.25) is 0 Å². The Hall–Kier alpha value is -1.38. The highest BCUT2D eigenvalue weighted by molar-refractivity contribution is 5.21. The van der Waals surface area contributed by atoms with Crippen LogP contribution in [0.3, 0.4) is 0 Å². The SMILES string of the molecule is C/C(=C\CC(CC/C(C)=C/CCCCO)c1ccccc1)CCCO. The fraction of sp³-hybridized carbons (Fsp3) is 0.565. The van der Waals surface area contributed by atoms with Gasteiger partial charge < -0.3 is 10.2 Å². The zero-order valence-electron chi connectivity index (χ0n) is 16.1. The van der Waals surface area contributed by atoms with Gasteiger partial charge in [-0.2, -0.15) is 0 Å². The summed E-state index contributed by atoms with van der Waals surface area (Å²) in [5.74, 6) is 0.547. The zero-order chi connectivity index (χ0) is 18.3. The number of aliphatic hydroxyl groups is 2. The minimum Gasteiger partial charge on any atom is -0.396 e. The van der Waals surface area contributed by atoms with Crippen LogP contribution in [0.1, 0.15) is 76.7 Å². The molecule has 1 aromatic carbocycles. The Labute approximate surface area is 154 Å². The Balaban J connectivity index is 2.60. The maximum Gasteiger partial charge on any atom is 0.0434 e. The standard InChI is InChI=1S/C23H36O2/c1-20(10-5-4-8-18-24)14-16-23(22-12-6-3-7-13-22)17-15-21(2)11-9-19-25/h3,6-7,10,12-13,15,23-25H,4-5,8-9,11,14,16-19H2,1-2H3/b20-10+,21-15+. The van der Waals surface area contributed by atoms with Crippen molar-refractivity contribution in [1.82, 2.24) is 0 Å². The number of rotatable bonds is 13. The average molecular weight is 345 g/mol. The second-order valence-corrected chi connectivity index (χ2v) is 7.03. The third kappa shape index (κ3) is 10.3. The highest BCUT2D eigenvalue weighted by Gasteiger charge is 2.10. The first kappa shape index (κ1) is 21.7. The summed E-state index contributed by atoms with van der Waals surface area (Å²) in [6, 6.07) is 10.8. The minimum atomic E-state index is 0.271. The lowest BCUT2D eigenvalue weighted by Crippen LogP contribution is -1.99. The number of unbranched alkanes of at least 4 members (excludes halogenated alkanes) is 2. The van der Waals surface area contributed by atoms with E-state index in [2.05, 4.69) is 56.3 Å². The molecular weight excluding hydrogens is 308 g/mol. The van der Waals surface area contributed by atoms with Gasteiger partial charge in [-0.15, -0.1) is 0 Å². The molecule has 0 bridgehead atoms. The molecule has 2 N–H and O–H groups in total. The fourth-order valence-electron chi connectivity index (χ4n) is 3.06. The summed E-state index contributed by atoms with van der Waals surface area (Å²) in [4.78, 5) is 0. The van der Waals surface area contributed by atoms with Crippen molar-refractivity contribution in [3.63, 3.8) is 0 Å². The fourth-order valence-corrected chi connectivity index (χ4v) is 3.06. The summed E-state index contributed by atoms with van der Waals surface area (Å²) >= 11 is 0. The molecular formula is C23H36O2. The third-order valence-electron chi connectivity index (χ3n) is 4.74. The molecule has 2 nitrogen and oxygen atoms in total. The first-order chi connectivity index (χ1) is 12.2. The van der Waals surface area contributed by atoms with E-state index in [1.165, 1.54) is 16.7 Å². The minimum absolute atomic E-state index is 0.271. The van der Waals surface area contributed by atoms with Crippen molar-refractivity contribution in [2.45, 2.75) is 71.1 Å². The van der Waals surface area contributed by atoms with E-state index in [1.54, 1.807) is 0 Å². The van der Waals surface area contributed by atoms with Gasteiger partial charge in [0.25, 0.3) is 0 Å². The molecule has 1 atom stereocenters. The lowest BCUT2D eigenvalue weighted by molar-refractivity contribution is 0.285. The highest BCUT2D eigenvalue weighted by atomic mass is 16.3. The van der Waals surface area contributed by atoms with Crippen LogP contribution in [0, 0.1) is 0 Å². The molecule has 0 aliphatic rings. The highest BCUT2D eigenvalue weighted by Crippen LogP contribution is 2.28. The van der Waals surface area contributed by atoms with Gasteiger partial charge in [0.15, 0.2) is 0 Å². The molecule has 0 heterocycles. The summed E-state index contributed by atoms with van der Waals surface area (Å²) in [6.07, 6.45) is 12.9. The molecule has 0 saturated heterocycles. The molecule has 0 aliphatic heterocycles. The van der Waals surface area contributed by atoms with Crippen LogP contribution in [0.25, 0.3) is 0 Å². The van der Waals surface area contributed by atoms with Gasteiger partial charge in [0.1, 0.15) is 0 Å². The summed E-state index contributed by atoms with van der Waals surface area (Å²) in [5, 5.41) is 17.8. The molecule has 25 heavy (non-hydrogen) atoms. The molecule has 0 saturated carbocycles. The van der Waals surface area contributed by atoms with Crippen molar-refractivity contribution in [3.05, 3.63) is 59.2 Å². The van der Waals surface area contributed by atoms with E-state index in [0.29, 0.717) is 12.5 Å². The van der Waals surface area contributed by atoms with Crippen LogP contribution >= 0.6 is 0 Å². The predicted molar refractivity (Wildman–Crippen MR) is 108 cm³/mol. The van der Waals surface area contributed by atoms with Gasteiger partial charge in [-0.1, -0.05) is 53.6 Å². The summed E-state index contributed by atoms with van der Waals surface area (Å²) in [5.41, 5.74) is 4.26. The van der Waals surface area contributed by atoms with Gasteiger partial charge in [0.05, 0.1) is 0 Å². The van der Waals surface area contributed by atoms with E-state index in [4.69, 9.17) is 10.2 Å². The molecule has 0 aromatic heterocycles. The van der Waals surface area contributed by atoms with Crippen LogP contribution in [0.4, 0.5) is 0 Å². The van der Waals surface area contributed by atoms with Crippen LogP contribution in [-0.4, -0.2) is 23.4 Å². The third-order valence-corrected chi connectivity index (χ3v) is 4.74. The number of benzene rings is 1. The van der Waals surface area contributed by atoms with Crippen molar-refractivity contribution < 1.29 is 10.2 Å². The lowest BCUT2D eigenvalue weighted by atomic mass is 9.88. The average Bonchev–Trinajstić information content (AvgIpc) is 2.64. The maximum atomic E-state index is 8.97. The Morgan fingerprint density at radius 2 is 1.56 bits per heavy atom. The van der Waals surface area contributed by atoms with Crippen molar-refractivity contribution in [2.24, 2.45) is 0 Å². The van der Waals surface area contributed by atoms with Crippen LogP contribution < -0.4 is 0 Å². The Morgan fingerprint density at radius 3 is 2.24 bits per heavy atom. The Kier molecular flexibility index (Phi) is 12.0. The smallest absolute Gasteiger partial charge is 0.0434 e. The molecule has 140 valence electrons. The van der Waals surface area contributed by atoms with Crippen molar-refractivity contribution in [1.29, 1.82) is 0 Å². The number of aliphatic hydroxyl groups excluding tert-OH is 2. The van der Waals surface area contributed by atoms with Crippen molar-refractivity contribution in [2.75, 3.05) is 13.2 Å². The maximum absolute atomic E-state index is 8.97. The van der Waals surface area contributed by atoms with Gasteiger partial charge in [-0.3, -0.25) is 0 Å². The molecule has 0 spiro atoms. The van der Waals surface area contributed by atoms with Gasteiger partial charge in [0, 0.05) is 13.2 Å². The van der Waals surface area contributed by atoms with E-state index < -0.39 is 0 Å². The Morgan fingerprint density at radius 1 is 0.880 bits per heavy atom. The molecule has 0 amide bonds. The number of hydrogen-bond donors (Lipinski definition) is 2. The summed E-state index contributed by atoms with van der Waals surface area (Å²) in [6.45, 7) is 4.96. The first-order valence-corrected chi connectivity index (χ1v) is 9.75. The molecule has 0 aliphatic carbocycles. The predicted octanol–water partition coefficient (Wildman–Crippen LogP) is 5.77. The Bertz CT molecular complexity index is 502. The normalized spacial score (nSPS) is 13.9. The van der Waals surface area contributed by atoms with Crippen molar-refractivity contribution >= 4 is 0 Å². The largest absolute Gasteiger partial charge is 0.396 e. The van der Waals surface area contributed by atoms with Gasteiger partial charge in [-0.05, 0) is 76.7 Å². The van der Waals surface area contributed by atoms with E-state index in [9.17, 15) is 0 Å². The molecule has 0 radical (unpaired) electrons. The summed E-state index contributed by atoms with van der Waals surface area (Å²) < 4.78 is 0. The van der Waals surface area contributed by atoms with Crippen LogP contribution in [0.2, 0.25) is 0 Å². The second kappa shape index (κ2) is 13.9.